The van der Waals surface area contributed by atoms with Gasteiger partial charge in [-0.1, -0.05) is 0 Å². The van der Waals surface area contributed by atoms with Crippen molar-refractivity contribution in [3.63, 3.8) is 0 Å². The first-order valence-corrected chi connectivity index (χ1v) is 7.22. The molecule has 9 heteroatoms. The number of carbonyl (C=O) groups is 1. The number of carbonyl (C=O) groups excluding carboxylic acids is 1. The molecule has 25 heavy (non-hydrogen) atoms. The fourth-order valence-corrected chi connectivity index (χ4v) is 2.07. The van der Waals surface area contributed by atoms with Crippen LogP contribution in [0.1, 0.15) is 10.4 Å². The maximum Gasteiger partial charge on any atom is 0.295 e. The van der Waals surface area contributed by atoms with Crippen LogP contribution in [-0.2, 0) is 0 Å². The molecule has 132 valence electrons. The molecule has 0 saturated heterocycles. The Hall–Kier alpha value is -3.23. The van der Waals surface area contributed by atoms with Gasteiger partial charge >= 0.3 is 0 Å². The Morgan fingerprint density at radius 3 is 2.48 bits per heavy atom. The van der Waals surface area contributed by atoms with Crippen molar-refractivity contribution in [2.75, 3.05) is 25.5 Å². The Bertz CT molecular complexity index is 782. The van der Waals surface area contributed by atoms with Gasteiger partial charge in [-0.15, -0.1) is 0 Å². The predicted octanol–water partition coefficient (Wildman–Crippen LogP) is 2.72. The van der Waals surface area contributed by atoms with Gasteiger partial charge in [0.25, 0.3) is 11.6 Å². The van der Waals surface area contributed by atoms with Crippen LogP contribution in [-0.4, -0.2) is 31.0 Å². The van der Waals surface area contributed by atoms with Gasteiger partial charge in [0, 0.05) is 24.7 Å². The summed E-state index contributed by atoms with van der Waals surface area (Å²) < 4.78 is 31.2. The van der Waals surface area contributed by atoms with Gasteiger partial charge in [0.1, 0.15) is 11.5 Å². The summed E-state index contributed by atoms with van der Waals surface area (Å²) in [6.07, 6.45) is 0. The third kappa shape index (κ3) is 4.63. The molecule has 0 bridgehead atoms. The molecular weight excluding hydrogens is 336 g/mol. The molecule has 2 rings (SSSR count). The van der Waals surface area contributed by atoms with E-state index in [0.717, 1.165) is 6.07 Å². The van der Waals surface area contributed by atoms with E-state index in [1.807, 2.05) is 0 Å². The van der Waals surface area contributed by atoms with Crippen LogP contribution in [0.15, 0.2) is 36.4 Å². The largest absolute Gasteiger partial charge is 0.494 e. The molecule has 0 unspecified atom stereocenters. The van der Waals surface area contributed by atoms with E-state index >= 15 is 0 Å². The summed E-state index contributed by atoms with van der Waals surface area (Å²) in [5.41, 5.74) is -0.0849. The second kappa shape index (κ2) is 8.04. The lowest BCUT2D eigenvalue weighted by molar-refractivity contribution is -0.384. The van der Waals surface area contributed by atoms with Crippen LogP contribution in [0.5, 0.6) is 5.75 Å². The molecule has 2 aromatic carbocycles. The maximum atomic E-state index is 13.6. The quantitative estimate of drug-likeness (QED) is 0.454. The van der Waals surface area contributed by atoms with E-state index in [1.165, 1.54) is 37.4 Å². The predicted molar refractivity (Wildman–Crippen MR) is 86.8 cm³/mol. The van der Waals surface area contributed by atoms with Crippen LogP contribution < -0.4 is 15.4 Å². The number of hydrogen-bond donors (Lipinski definition) is 2. The molecule has 0 atom stereocenters. The van der Waals surface area contributed by atoms with Crippen LogP contribution in [0.3, 0.4) is 0 Å². The third-order valence-corrected chi connectivity index (χ3v) is 3.30. The number of nitrogens with one attached hydrogen (secondary N) is 2. The first kappa shape index (κ1) is 18.1. The Kier molecular flexibility index (Phi) is 5.83. The molecular formula is C16H15F2N3O4. The van der Waals surface area contributed by atoms with Gasteiger partial charge in [-0.25, -0.2) is 8.78 Å². The highest BCUT2D eigenvalue weighted by Crippen LogP contribution is 2.31. The molecule has 0 aliphatic carbocycles. The Balaban J connectivity index is 1.96. The summed E-state index contributed by atoms with van der Waals surface area (Å²) in [6, 6.07) is 6.96. The molecule has 0 aliphatic rings. The van der Waals surface area contributed by atoms with Crippen molar-refractivity contribution < 1.29 is 23.2 Å². The normalized spacial score (nSPS) is 10.2. The van der Waals surface area contributed by atoms with Crippen molar-refractivity contribution in [2.45, 2.75) is 0 Å². The van der Waals surface area contributed by atoms with Gasteiger partial charge in [-0.05, 0) is 24.3 Å². The molecule has 0 heterocycles. The highest BCUT2D eigenvalue weighted by molar-refractivity contribution is 5.94. The number of nitro benzene ring substituents is 1. The van der Waals surface area contributed by atoms with Gasteiger partial charge in [0.2, 0.25) is 0 Å². The van der Waals surface area contributed by atoms with Crippen LogP contribution in [0.2, 0.25) is 0 Å². The molecule has 0 aromatic heterocycles. The first-order chi connectivity index (χ1) is 11.9. The second-order valence-corrected chi connectivity index (χ2v) is 4.95. The summed E-state index contributed by atoms with van der Waals surface area (Å²) in [6.45, 7) is 0.301. The molecule has 0 fully saturated rings. The van der Waals surface area contributed by atoms with Gasteiger partial charge in [-0.3, -0.25) is 14.9 Å². The van der Waals surface area contributed by atoms with Crippen molar-refractivity contribution in [3.05, 3.63) is 63.7 Å². The summed E-state index contributed by atoms with van der Waals surface area (Å²) in [4.78, 5) is 22.1. The van der Waals surface area contributed by atoms with E-state index in [4.69, 9.17) is 4.74 Å². The molecule has 0 saturated carbocycles. The van der Waals surface area contributed by atoms with E-state index in [-0.39, 0.29) is 30.1 Å². The Labute approximate surface area is 141 Å². The summed E-state index contributed by atoms with van der Waals surface area (Å²) in [5.74, 6) is -1.84. The van der Waals surface area contributed by atoms with Crippen LogP contribution in [0, 0.1) is 21.7 Å². The van der Waals surface area contributed by atoms with Crippen molar-refractivity contribution in [1.29, 1.82) is 0 Å². The van der Waals surface area contributed by atoms with E-state index < -0.39 is 28.2 Å². The lowest BCUT2D eigenvalue weighted by Crippen LogP contribution is -2.28. The average Bonchev–Trinajstić information content (AvgIpc) is 2.59. The second-order valence-electron chi connectivity index (χ2n) is 4.95. The fraction of sp³-hybridized carbons (Fsp3) is 0.188. The minimum Gasteiger partial charge on any atom is -0.494 e. The lowest BCUT2D eigenvalue weighted by Gasteiger charge is -2.10. The number of methoxy groups -OCH3 is 1. The van der Waals surface area contributed by atoms with Gasteiger partial charge in [0.05, 0.1) is 18.1 Å². The van der Waals surface area contributed by atoms with Crippen LogP contribution in [0.25, 0.3) is 0 Å². The van der Waals surface area contributed by atoms with E-state index in [2.05, 4.69) is 10.6 Å². The van der Waals surface area contributed by atoms with Crippen LogP contribution >= 0.6 is 0 Å². The number of amides is 1. The SMILES string of the molecule is COc1cc(NCCNC(=O)c2ccc(F)cc2)c([N+](=O)[O-])cc1F. The van der Waals surface area contributed by atoms with Crippen molar-refractivity contribution in [2.24, 2.45) is 0 Å². The number of anilines is 1. The first-order valence-electron chi connectivity index (χ1n) is 7.22. The fourth-order valence-electron chi connectivity index (χ4n) is 2.07. The number of hydrogen-bond acceptors (Lipinski definition) is 5. The van der Waals surface area contributed by atoms with Crippen molar-refractivity contribution >= 4 is 17.3 Å². The number of ether oxygens (including phenoxy) is 1. The van der Waals surface area contributed by atoms with Gasteiger partial charge < -0.3 is 15.4 Å². The average molecular weight is 351 g/mol. The lowest BCUT2D eigenvalue weighted by atomic mass is 10.2. The zero-order valence-electron chi connectivity index (χ0n) is 13.2. The minimum absolute atomic E-state index is 0.0688. The number of rotatable bonds is 7. The summed E-state index contributed by atoms with van der Waals surface area (Å²) in [5, 5.41) is 16.3. The molecule has 7 nitrogen and oxygen atoms in total. The highest BCUT2D eigenvalue weighted by Gasteiger charge is 2.18. The molecule has 2 aromatic rings. The Morgan fingerprint density at radius 1 is 1.20 bits per heavy atom. The standard InChI is InChI=1S/C16H15F2N3O4/c1-25-15-9-13(14(21(23)24)8-12(15)18)19-6-7-20-16(22)10-2-4-11(17)5-3-10/h2-5,8-9,19H,6-7H2,1H3,(H,20,22). The highest BCUT2D eigenvalue weighted by atomic mass is 19.1. The Morgan fingerprint density at radius 2 is 1.88 bits per heavy atom. The third-order valence-electron chi connectivity index (χ3n) is 3.30. The number of halogens is 2. The molecule has 0 aliphatic heterocycles. The summed E-state index contributed by atoms with van der Waals surface area (Å²) >= 11 is 0. The topological polar surface area (TPSA) is 93.5 Å². The van der Waals surface area contributed by atoms with Crippen LogP contribution in [0.4, 0.5) is 20.2 Å². The zero-order chi connectivity index (χ0) is 18.4. The van der Waals surface area contributed by atoms with E-state index in [1.54, 1.807) is 0 Å². The monoisotopic (exact) mass is 351 g/mol. The number of nitrogens with zero attached hydrogens (tertiary/aromatic N) is 1. The van der Waals surface area contributed by atoms with Crippen molar-refractivity contribution in [1.82, 2.24) is 5.32 Å². The molecule has 0 radical (unpaired) electrons. The maximum absolute atomic E-state index is 13.6. The zero-order valence-corrected chi connectivity index (χ0v) is 13.2. The molecule has 2 N–H and O–H groups in total. The molecule has 1 amide bonds. The minimum atomic E-state index is -0.843. The van der Waals surface area contributed by atoms with Gasteiger partial charge in [-0.2, -0.15) is 0 Å². The van der Waals surface area contributed by atoms with E-state index in [0.29, 0.717) is 0 Å². The van der Waals surface area contributed by atoms with Crippen molar-refractivity contribution in [3.8, 4) is 5.75 Å². The number of nitro groups is 1. The number of benzene rings is 2. The van der Waals surface area contributed by atoms with Gasteiger partial charge in [0.15, 0.2) is 11.6 Å². The smallest absolute Gasteiger partial charge is 0.295 e. The molecule has 0 spiro atoms. The summed E-state index contributed by atoms with van der Waals surface area (Å²) in [7, 11) is 1.25. The van der Waals surface area contributed by atoms with E-state index in [9.17, 15) is 23.7 Å².